The van der Waals surface area contributed by atoms with Crippen LogP contribution in [0.5, 0.6) is 0 Å². The molecule has 3 aromatic heterocycles. The van der Waals surface area contributed by atoms with Gasteiger partial charge in [-0.05, 0) is 56.9 Å². The van der Waals surface area contributed by atoms with Crippen LogP contribution in [-0.2, 0) is 0 Å². The molecule has 12 aromatic rings. The van der Waals surface area contributed by atoms with Gasteiger partial charge >= 0.3 is 0 Å². The van der Waals surface area contributed by atoms with E-state index in [2.05, 4.69) is 150 Å². The van der Waals surface area contributed by atoms with Crippen molar-refractivity contribution in [3.05, 3.63) is 194 Å². The van der Waals surface area contributed by atoms with E-state index < -0.39 is 0 Å². The van der Waals surface area contributed by atoms with Crippen molar-refractivity contribution in [2.45, 2.75) is 0 Å². The van der Waals surface area contributed by atoms with Gasteiger partial charge in [0.2, 0.25) is 0 Å². The molecule has 5 heteroatoms. The summed E-state index contributed by atoms with van der Waals surface area (Å²) in [5, 5.41) is 9.33. The molecule has 0 spiro atoms. The second-order valence-corrected chi connectivity index (χ2v) is 14.7. The molecule has 0 amide bonds. The van der Waals surface area contributed by atoms with Crippen molar-refractivity contribution < 1.29 is 4.42 Å². The lowest BCUT2D eigenvalue weighted by Gasteiger charge is -2.10. The van der Waals surface area contributed by atoms with Crippen LogP contribution in [0, 0.1) is 0 Å². The predicted octanol–water partition coefficient (Wildman–Crippen LogP) is 13.8. The van der Waals surface area contributed by atoms with E-state index in [1.807, 2.05) is 48.5 Å². The van der Waals surface area contributed by atoms with Gasteiger partial charge in [0, 0.05) is 38.2 Å². The Balaban J connectivity index is 1.09. The number of hydrogen-bond acceptors (Lipinski definition) is 4. The first-order valence-electron chi connectivity index (χ1n) is 19.5. The second kappa shape index (κ2) is 12.8. The fourth-order valence-corrected chi connectivity index (χ4v) is 8.79. The van der Waals surface area contributed by atoms with E-state index in [1.165, 1.54) is 32.3 Å². The standard InChI is InChI=1S/C53H32N4O/c1-3-13-33(14-4-1)34-25-27-38(28-26-34)52-54-51(37-17-5-2-6-18-37)55-53(56-52)42-22-12-24-46-47(42)41-21-11-23-45(50(41)58-46)57-43-31-29-35-15-7-9-19-39(35)48(43)49-40-20-10-8-16-36(40)30-32-44(49)57/h1-32H. The first-order valence-corrected chi connectivity index (χ1v) is 19.5. The summed E-state index contributed by atoms with van der Waals surface area (Å²) in [4.78, 5) is 15.4. The first-order chi connectivity index (χ1) is 28.8. The summed E-state index contributed by atoms with van der Waals surface area (Å²) in [5.41, 5.74) is 9.83. The van der Waals surface area contributed by atoms with Crippen LogP contribution >= 0.6 is 0 Å². The zero-order valence-electron chi connectivity index (χ0n) is 31.2. The molecule has 270 valence electrons. The largest absolute Gasteiger partial charge is 0.454 e. The zero-order chi connectivity index (χ0) is 38.2. The zero-order valence-corrected chi connectivity index (χ0v) is 31.2. The highest BCUT2D eigenvalue weighted by Gasteiger charge is 2.23. The van der Waals surface area contributed by atoms with E-state index in [4.69, 9.17) is 19.4 Å². The molecule has 0 saturated carbocycles. The van der Waals surface area contributed by atoms with Crippen LogP contribution < -0.4 is 0 Å². The average Bonchev–Trinajstić information content (AvgIpc) is 3.86. The van der Waals surface area contributed by atoms with Gasteiger partial charge in [-0.15, -0.1) is 0 Å². The minimum absolute atomic E-state index is 0.587. The van der Waals surface area contributed by atoms with E-state index in [0.717, 1.165) is 66.5 Å². The van der Waals surface area contributed by atoms with E-state index in [1.54, 1.807) is 0 Å². The first kappa shape index (κ1) is 32.4. The fraction of sp³-hybridized carbons (Fsp3) is 0. The minimum atomic E-state index is 0.587. The van der Waals surface area contributed by atoms with Crippen molar-refractivity contribution in [2.24, 2.45) is 0 Å². The predicted molar refractivity (Wildman–Crippen MR) is 238 cm³/mol. The summed E-state index contributed by atoms with van der Waals surface area (Å²) >= 11 is 0. The third-order valence-corrected chi connectivity index (χ3v) is 11.4. The number of aromatic nitrogens is 4. The molecular formula is C53H32N4O. The van der Waals surface area contributed by atoms with Crippen LogP contribution in [0.25, 0.3) is 116 Å². The lowest BCUT2D eigenvalue weighted by Crippen LogP contribution is -2.00. The summed E-state index contributed by atoms with van der Waals surface area (Å²) < 4.78 is 9.31. The van der Waals surface area contributed by atoms with Crippen molar-refractivity contribution in [3.8, 4) is 51.0 Å². The second-order valence-electron chi connectivity index (χ2n) is 14.7. The molecule has 5 nitrogen and oxygen atoms in total. The van der Waals surface area contributed by atoms with Gasteiger partial charge in [-0.3, -0.25) is 0 Å². The molecule has 0 saturated heterocycles. The van der Waals surface area contributed by atoms with E-state index in [-0.39, 0.29) is 0 Å². The highest BCUT2D eigenvalue weighted by atomic mass is 16.3. The van der Waals surface area contributed by atoms with E-state index in [9.17, 15) is 0 Å². The van der Waals surface area contributed by atoms with Crippen LogP contribution in [0.2, 0.25) is 0 Å². The molecule has 0 aliphatic rings. The van der Waals surface area contributed by atoms with Gasteiger partial charge in [0.1, 0.15) is 5.58 Å². The minimum Gasteiger partial charge on any atom is -0.454 e. The lowest BCUT2D eigenvalue weighted by molar-refractivity contribution is 0.666. The number of hydrogen-bond donors (Lipinski definition) is 0. The van der Waals surface area contributed by atoms with Gasteiger partial charge in [-0.1, -0.05) is 170 Å². The van der Waals surface area contributed by atoms with E-state index in [0.29, 0.717) is 17.5 Å². The van der Waals surface area contributed by atoms with Gasteiger partial charge in [-0.2, -0.15) is 0 Å². The molecular weight excluding hydrogens is 709 g/mol. The number of fused-ring (bicyclic) bond motifs is 10. The molecule has 12 rings (SSSR count). The molecule has 0 bridgehead atoms. The Morgan fingerprint density at radius 2 is 0.845 bits per heavy atom. The van der Waals surface area contributed by atoms with Gasteiger partial charge in [0.25, 0.3) is 0 Å². The molecule has 0 atom stereocenters. The SMILES string of the molecule is c1ccc(-c2ccc(-c3nc(-c4ccccc4)nc(-c4cccc5oc6c(-n7c8ccc9ccccc9c8c8c9ccccc9ccc87)cccc6c45)n3)cc2)cc1. The highest BCUT2D eigenvalue weighted by molar-refractivity contribution is 6.29. The molecule has 58 heavy (non-hydrogen) atoms. The molecule has 0 aliphatic carbocycles. The number of furan rings is 1. The molecule has 0 fully saturated rings. The van der Waals surface area contributed by atoms with Crippen LogP contribution in [0.15, 0.2) is 199 Å². The van der Waals surface area contributed by atoms with Crippen LogP contribution in [0.3, 0.4) is 0 Å². The van der Waals surface area contributed by atoms with Crippen molar-refractivity contribution in [2.75, 3.05) is 0 Å². The summed E-state index contributed by atoms with van der Waals surface area (Å²) in [6, 6.07) is 67.9. The topological polar surface area (TPSA) is 56.7 Å². The summed E-state index contributed by atoms with van der Waals surface area (Å²) in [6.07, 6.45) is 0. The number of nitrogens with zero attached hydrogens (tertiary/aromatic N) is 4. The van der Waals surface area contributed by atoms with Crippen LogP contribution in [0.4, 0.5) is 0 Å². The van der Waals surface area contributed by atoms with Gasteiger partial charge < -0.3 is 8.98 Å². The Bertz CT molecular complexity index is 3460. The third kappa shape index (κ3) is 5.00. The van der Waals surface area contributed by atoms with Crippen molar-refractivity contribution in [1.82, 2.24) is 19.5 Å². The molecule has 0 N–H and O–H groups in total. The number of benzene rings is 9. The quantitative estimate of drug-likeness (QED) is 0.176. The fourth-order valence-electron chi connectivity index (χ4n) is 8.79. The maximum atomic E-state index is 6.94. The number of para-hydroxylation sites is 1. The summed E-state index contributed by atoms with van der Waals surface area (Å²) in [7, 11) is 0. The Kier molecular flexibility index (Phi) is 7.16. The van der Waals surface area contributed by atoms with Crippen LogP contribution in [0.1, 0.15) is 0 Å². The van der Waals surface area contributed by atoms with Crippen molar-refractivity contribution in [1.29, 1.82) is 0 Å². The maximum Gasteiger partial charge on any atom is 0.164 e. The Labute approximate surface area is 333 Å². The smallest absolute Gasteiger partial charge is 0.164 e. The Morgan fingerprint density at radius 3 is 1.50 bits per heavy atom. The third-order valence-electron chi connectivity index (χ3n) is 11.4. The normalized spacial score (nSPS) is 11.8. The van der Waals surface area contributed by atoms with Crippen LogP contribution in [-0.4, -0.2) is 19.5 Å². The number of rotatable bonds is 5. The maximum absolute atomic E-state index is 6.94. The Hall–Kier alpha value is -7.89. The van der Waals surface area contributed by atoms with Crippen molar-refractivity contribution >= 4 is 65.3 Å². The van der Waals surface area contributed by atoms with Gasteiger partial charge in [0.05, 0.1) is 16.7 Å². The highest BCUT2D eigenvalue weighted by Crippen LogP contribution is 2.44. The van der Waals surface area contributed by atoms with Gasteiger partial charge in [-0.25, -0.2) is 15.0 Å². The summed E-state index contributed by atoms with van der Waals surface area (Å²) in [5.74, 6) is 1.81. The monoisotopic (exact) mass is 740 g/mol. The van der Waals surface area contributed by atoms with Crippen molar-refractivity contribution in [3.63, 3.8) is 0 Å². The Morgan fingerprint density at radius 1 is 0.345 bits per heavy atom. The van der Waals surface area contributed by atoms with Gasteiger partial charge in [0.15, 0.2) is 23.1 Å². The molecule has 0 aliphatic heterocycles. The molecule has 3 heterocycles. The molecule has 0 radical (unpaired) electrons. The lowest BCUT2D eigenvalue weighted by atomic mass is 10.00. The molecule has 9 aromatic carbocycles. The molecule has 0 unspecified atom stereocenters. The summed E-state index contributed by atoms with van der Waals surface area (Å²) in [6.45, 7) is 0. The average molecular weight is 741 g/mol. The van der Waals surface area contributed by atoms with E-state index >= 15 is 0 Å².